The number of hydrogen-bond donors (Lipinski definition) is 1. The van der Waals surface area contributed by atoms with Gasteiger partial charge in [-0.2, -0.15) is 0 Å². The quantitative estimate of drug-likeness (QED) is 0.717. The van der Waals surface area contributed by atoms with Gasteiger partial charge in [0, 0.05) is 30.6 Å². The second-order valence-electron chi connectivity index (χ2n) is 6.12. The highest BCUT2D eigenvalue weighted by Gasteiger charge is 2.12. The lowest BCUT2D eigenvalue weighted by Gasteiger charge is -2.11. The van der Waals surface area contributed by atoms with Gasteiger partial charge in [0.25, 0.3) is 0 Å². The van der Waals surface area contributed by atoms with E-state index in [1.807, 2.05) is 18.5 Å². The van der Waals surface area contributed by atoms with Crippen molar-refractivity contribution in [3.63, 3.8) is 0 Å². The van der Waals surface area contributed by atoms with Gasteiger partial charge in [-0.05, 0) is 35.2 Å². The maximum absolute atomic E-state index is 12.0. The van der Waals surface area contributed by atoms with Crippen LogP contribution >= 0.6 is 11.3 Å². The van der Waals surface area contributed by atoms with Crippen molar-refractivity contribution in [2.45, 2.75) is 32.1 Å². The average Bonchev–Trinajstić information content (AvgIpc) is 3.19. The van der Waals surface area contributed by atoms with E-state index in [2.05, 4.69) is 45.2 Å². The molecule has 0 aliphatic heterocycles. The Hall–Kier alpha value is -2.21. The zero-order valence-electron chi connectivity index (χ0n) is 14.0. The molecule has 0 aliphatic carbocycles. The Labute approximate surface area is 145 Å². The summed E-state index contributed by atoms with van der Waals surface area (Å²) in [7, 11) is 1.92. The summed E-state index contributed by atoms with van der Waals surface area (Å²) < 4.78 is 3.20. The lowest BCUT2D eigenvalue weighted by atomic mass is 10.1. The summed E-state index contributed by atoms with van der Waals surface area (Å²) in [5.74, 6) is 1.14. The van der Waals surface area contributed by atoms with Gasteiger partial charge in [0.15, 0.2) is 0 Å². The molecular formula is C18H22N4OS. The molecule has 0 aliphatic rings. The highest BCUT2D eigenvalue weighted by Crippen LogP contribution is 2.26. The Balaban J connectivity index is 1.44. The lowest BCUT2D eigenvalue weighted by molar-refractivity contribution is -0.121. The largest absolute Gasteiger partial charge is 0.355 e. The summed E-state index contributed by atoms with van der Waals surface area (Å²) in [6.45, 7) is 2.63. The molecule has 6 heteroatoms. The monoisotopic (exact) mass is 342 g/mol. The van der Waals surface area contributed by atoms with E-state index in [1.54, 1.807) is 17.7 Å². The second-order valence-corrected chi connectivity index (χ2v) is 7.03. The number of thiophene rings is 1. The predicted molar refractivity (Wildman–Crippen MR) is 97.2 cm³/mol. The molecule has 3 rings (SSSR count). The van der Waals surface area contributed by atoms with Crippen LogP contribution in [0.25, 0.3) is 10.1 Å². The fraction of sp³-hybridized carbons (Fsp3) is 0.389. The Morgan fingerprint density at radius 1 is 1.38 bits per heavy atom. The Morgan fingerprint density at radius 2 is 2.21 bits per heavy atom. The van der Waals surface area contributed by atoms with Crippen LogP contribution in [0.2, 0.25) is 0 Å². The van der Waals surface area contributed by atoms with Crippen LogP contribution in [-0.2, 0) is 18.3 Å². The van der Waals surface area contributed by atoms with E-state index < -0.39 is 0 Å². The van der Waals surface area contributed by atoms with Crippen LogP contribution in [0.1, 0.15) is 37.1 Å². The summed E-state index contributed by atoms with van der Waals surface area (Å²) in [6.07, 6.45) is 4.04. The van der Waals surface area contributed by atoms with Crippen LogP contribution in [0, 0.1) is 0 Å². The van der Waals surface area contributed by atoms with Crippen molar-refractivity contribution < 1.29 is 4.79 Å². The van der Waals surface area contributed by atoms with E-state index in [4.69, 9.17) is 0 Å². The number of carbonyl (C=O) groups excluding carboxylic acids is 1. The highest BCUT2D eigenvalue weighted by atomic mass is 32.1. The molecule has 1 atom stereocenters. The summed E-state index contributed by atoms with van der Waals surface area (Å²) in [5.41, 5.74) is 1.34. The first-order valence-corrected chi connectivity index (χ1v) is 9.09. The smallest absolute Gasteiger partial charge is 0.220 e. The zero-order valence-corrected chi connectivity index (χ0v) is 14.8. The molecule has 0 saturated carbocycles. The van der Waals surface area contributed by atoms with Gasteiger partial charge in [-0.1, -0.05) is 25.1 Å². The minimum atomic E-state index is 0.101. The molecule has 2 heterocycles. The van der Waals surface area contributed by atoms with E-state index >= 15 is 0 Å². The zero-order chi connectivity index (χ0) is 16.9. The SMILES string of the molecule is C[C@H](CNC(=O)CCCc1csc2ccccc12)c1nncn1C. The normalized spacial score (nSPS) is 12.4. The molecule has 1 N–H and O–H groups in total. The van der Waals surface area contributed by atoms with Crippen LogP contribution in [-0.4, -0.2) is 27.2 Å². The number of fused-ring (bicyclic) bond motifs is 1. The maximum Gasteiger partial charge on any atom is 0.220 e. The van der Waals surface area contributed by atoms with Gasteiger partial charge in [0.2, 0.25) is 5.91 Å². The van der Waals surface area contributed by atoms with Gasteiger partial charge < -0.3 is 9.88 Å². The van der Waals surface area contributed by atoms with Crippen LogP contribution in [0.15, 0.2) is 36.0 Å². The number of aryl methyl sites for hydroxylation is 2. The van der Waals surface area contributed by atoms with Gasteiger partial charge in [-0.3, -0.25) is 4.79 Å². The Kier molecular flexibility index (Phi) is 5.25. The first kappa shape index (κ1) is 16.6. The summed E-state index contributed by atoms with van der Waals surface area (Å²) in [6, 6.07) is 8.43. The third kappa shape index (κ3) is 3.82. The minimum Gasteiger partial charge on any atom is -0.355 e. The molecule has 126 valence electrons. The molecule has 0 bridgehead atoms. The fourth-order valence-corrected chi connectivity index (χ4v) is 3.85. The van der Waals surface area contributed by atoms with Crippen molar-refractivity contribution in [2.75, 3.05) is 6.54 Å². The topological polar surface area (TPSA) is 59.8 Å². The van der Waals surface area contributed by atoms with Crippen LogP contribution < -0.4 is 5.32 Å². The number of aromatic nitrogens is 3. The van der Waals surface area contributed by atoms with Crippen molar-refractivity contribution in [2.24, 2.45) is 7.05 Å². The van der Waals surface area contributed by atoms with Crippen molar-refractivity contribution in [1.82, 2.24) is 20.1 Å². The molecular weight excluding hydrogens is 320 g/mol. The lowest BCUT2D eigenvalue weighted by Crippen LogP contribution is -2.28. The second kappa shape index (κ2) is 7.57. The van der Waals surface area contributed by atoms with Gasteiger partial charge in [-0.25, -0.2) is 0 Å². The summed E-state index contributed by atoms with van der Waals surface area (Å²) >= 11 is 1.77. The number of amides is 1. The number of carbonyl (C=O) groups is 1. The standard InChI is InChI=1S/C18H22N4OS/c1-13(18-21-20-12-22(18)2)10-19-17(23)9-5-6-14-11-24-16-8-4-3-7-15(14)16/h3-4,7-8,11-13H,5-6,9-10H2,1-2H3,(H,19,23)/t13-/m1/s1. The molecule has 0 saturated heterocycles. The van der Waals surface area contributed by atoms with Crippen molar-refractivity contribution in [3.05, 3.63) is 47.4 Å². The van der Waals surface area contributed by atoms with E-state index in [0.717, 1.165) is 18.7 Å². The Bertz CT molecular complexity index is 823. The molecule has 3 aromatic rings. The molecule has 2 aromatic heterocycles. The highest BCUT2D eigenvalue weighted by molar-refractivity contribution is 7.17. The molecule has 5 nitrogen and oxygen atoms in total. The Morgan fingerprint density at radius 3 is 3.00 bits per heavy atom. The van der Waals surface area contributed by atoms with Crippen LogP contribution in [0.4, 0.5) is 0 Å². The summed E-state index contributed by atoms with van der Waals surface area (Å²) in [5, 5.41) is 14.5. The van der Waals surface area contributed by atoms with Crippen molar-refractivity contribution in [1.29, 1.82) is 0 Å². The third-order valence-corrected chi connectivity index (χ3v) is 5.22. The van der Waals surface area contributed by atoms with E-state index in [9.17, 15) is 4.79 Å². The van der Waals surface area contributed by atoms with Gasteiger partial charge in [0.1, 0.15) is 12.2 Å². The fourth-order valence-electron chi connectivity index (χ4n) is 2.85. The van der Waals surface area contributed by atoms with Crippen LogP contribution in [0.3, 0.4) is 0 Å². The van der Waals surface area contributed by atoms with Gasteiger partial charge >= 0.3 is 0 Å². The van der Waals surface area contributed by atoms with Crippen LogP contribution in [0.5, 0.6) is 0 Å². The molecule has 0 fully saturated rings. The first-order chi connectivity index (χ1) is 11.6. The molecule has 0 unspecified atom stereocenters. The van der Waals surface area contributed by atoms with E-state index in [1.165, 1.54) is 15.6 Å². The molecule has 0 spiro atoms. The van der Waals surface area contributed by atoms with Gasteiger partial charge in [-0.15, -0.1) is 21.5 Å². The molecule has 24 heavy (non-hydrogen) atoms. The maximum atomic E-state index is 12.0. The number of hydrogen-bond acceptors (Lipinski definition) is 4. The molecule has 0 radical (unpaired) electrons. The number of nitrogens with zero attached hydrogens (tertiary/aromatic N) is 3. The average molecular weight is 342 g/mol. The number of nitrogens with one attached hydrogen (secondary N) is 1. The molecule has 1 aromatic carbocycles. The number of benzene rings is 1. The minimum absolute atomic E-state index is 0.101. The third-order valence-electron chi connectivity index (χ3n) is 4.20. The first-order valence-electron chi connectivity index (χ1n) is 8.21. The van der Waals surface area contributed by atoms with E-state index in [-0.39, 0.29) is 11.8 Å². The van der Waals surface area contributed by atoms with Crippen molar-refractivity contribution in [3.8, 4) is 0 Å². The molecule has 1 amide bonds. The predicted octanol–water partition coefficient (Wildman–Crippen LogP) is 3.27. The van der Waals surface area contributed by atoms with E-state index in [0.29, 0.717) is 13.0 Å². The van der Waals surface area contributed by atoms with Gasteiger partial charge in [0.05, 0.1) is 0 Å². The number of rotatable bonds is 7. The van der Waals surface area contributed by atoms with Crippen molar-refractivity contribution >= 4 is 27.3 Å². The summed E-state index contributed by atoms with van der Waals surface area (Å²) in [4.78, 5) is 12.0.